The number of hydrogen-bond acceptors (Lipinski definition) is 3. The summed E-state index contributed by atoms with van der Waals surface area (Å²) in [5.41, 5.74) is 4.84. The van der Waals surface area contributed by atoms with Crippen LogP contribution in [-0.2, 0) is 13.1 Å². The summed E-state index contributed by atoms with van der Waals surface area (Å²) in [5.74, 6) is 0.808. The normalized spacial score (nSPS) is 11.2. The predicted molar refractivity (Wildman–Crippen MR) is 125 cm³/mol. The summed E-state index contributed by atoms with van der Waals surface area (Å²) >= 11 is 0. The molecule has 3 aromatic rings. The van der Waals surface area contributed by atoms with Crippen molar-refractivity contribution in [2.45, 2.75) is 33.0 Å². The van der Waals surface area contributed by atoms with Gasteiger partial charge in [0.25, 0.3) is 0 Å². The van der Waals surface area contributed by atoms with E-state index < -0.39 is 0 Å². The Labute approximate surface area is 183 Å². The van der Waals surface area contributed by atoms with Crippen molar-refractivity contribution >= 4 is 29.9 Å². The summed E-state index contributed by atoms with van der Waals surface area (Å²) in [6.07, 6.45) is 3.28. The third kappa shape index (κ3) is 6.05. The molecular weight excluding hydrogens is 463 g/mol. The van der Waals surface area contributed by atoms with Crippen LogP contribution < -0.4 is 10.6 Å². The summed E-state index contributed by atoms with van der Waals surface area (Å²) in [6, 6.07) is 17.4. The third-order valence-corrected chi connectivity index (χ3v) is 4.19. The van der Waals surface area contributed by atoms with Crippen LogP contribution in [0.2, 0.25) is 0 Å². The van der Waals surface area contributed by atoms with Crippen molar-refractivity contribution in [2.75, 3.05) is 7.05 Å². The summed E-state index contributed by atoms with van der Waals surface area (Å²) in [7, 11) is 1.79. The Bertz CT molecular complexity index is 872. The molecule has 7 heteroatoms. The van der Waals surface area contributed by atoms with Gasteiger partial charge in [0.2, 0.25) is 0 Å². The predicted octanol–water partition coefficient (Wildman–Crippen LogP) is 3.68. The van der Waals surface area contributed by atoms with Gasteiger partial charge in [-0.25, -0.2) is 9.67 Å². The molecule has 1 heterocycles. The molecule has 0 bridgehead atoms. The molecule has 3 rings (SSSR count). The van der Waals surface area contributed by atoms with E-state index in [9.17, 15) is 0 Å². The van der Waals surface area contributed by atoms with Crippen LogP contribution in [0.25, 0.3) is 11.1 Å². The van der Waals surface area contributed by atoms with Gasteiger partial charge < -0.3 is 10.6 Å². The number of benzene rings is 2. The van der Waals surface area contributed by atoms with Crippen molar-refractivity contribution in [1.82, 2.24) is 25.4 Å². The van der Waals surface area contributed by atoms with E-state index in [1.54, 1.807) is 19.7 Å². The number of halogens is 1. The van der Waals surface area contributed by atoms with Gasteiger partial charge in [0, 0.05) is 19.6 Å². The van der Waals surface area contributed by atoms with Crippen molar-refractivity contribution in [3.63, 3.8) is 0 Å². The quantitative estimate of drug-likeness (QED) is 0.314. The van der Waals surface area contributed by atoms with Crippen LogP contribution in [0.4, 0.5) is 0 Å². The smallest absolute Gasteiger partial charge is 0.191 e. The molecule has 148 valence electrons. The van der Waals surface area contributed by atoms with Crippen molar-refractivity contribution in [3.8, 4) is 11.1 Å². The number of aromatic nitrogens is 3. The van der Waals surface area contributed by atoms with Crippen molar-refractivity contribution in [3.05, 3.63) is 72.3 Å². The first-order valence-electron chi connectivity index (χ1n) is 9.12. The minimum atomic E-state index is 0. The van der Waals surface area contributed by atoms with Gasteiger partial charge >= 0.3 is 0 Å². The fraction of sp³-hybridized carbons (Fsp3) is 0.286. The van der Waals surface area contributed by atoms with Crippen LogP contribution >= 0.6 is 24.0 Å². The maximum atomic E-state index is 4.27. The number of guanidine groups is 1. The lowest BCUT2D eigenvalue weighted by atomic mass is 9.98. The highest BCUT2D eigenvalue weighted by atomic mass is 127. The number of hydrogen-bond donors (Lipinski definition) is 2. The highest BCUT2D eigenvalue weighted by Gasteiger charge is 2.07. The van der Waals surface area contributed by atoms with Crippen LogP contribution in [0.15, 0.2) is 66.2 Å². The monoisotopic (exact) mass is 490 g/mol. The van der Waals surface area contributed by atoms with Crippen LogP contribution in [0.1, 0.15) is 25.0 Å². The van der Waals surface area contributed by atoms with E-state index in [0.29, 0.717) is 12.6 Å². The first-order chi connectivity index (χ1) is 13.2. The Morgan fingerprint density at radius 3 is 2.50 bits per heavy atom. The van der Waals surface area contributed by atoms with Gasteiger partial charge in [-0.05, 0) is 36.1 Å². The largest absolute Gasteiger partial charge is 0.354 e. The van der Waals surface area contributed by atoms with Crippen LogP contribution in [0.5, 0.6) is 0 Å². The van der Waals surface area contributed by atoms with E-state index in [-0.39, 0.29) is 24.0 Å². The Hall–Kier alpha value is -2.42. The molecule has 0 radical (unpaired) electrons. The Morgan fingerprint density at radius 2 is 1.86 bits per heavy atom. The molecule has 0 unspecified atom stereocenters. The minimum Gasteiger partial charge on any atom is -0.354 e. The van der Waals surface area contributed by atoms with Gasteiger partial charge in [0.05, 0.1) is 6.54 Å². The molecule has 0 spiro atoms. The zero-order chi connectivity index (χ0) is 19.1. The van der Waals surface area contributed by atoms with Crippen molar-refractivity contribution in [1.29, 1.82) is 0 Å². The summed E-state index contributed by atoms with van der Waals surface area (Å²) < 4.78 is 1.82. The average molecular weight is 490 g/mol. The average Bonchev–Trinajstić information content (AvgIpc) is 3.19. The second-order valence-electron chi connectivity index (χ2n) is 6.67. The highest BCUT2D eigenvalue weighted by Crippen LogP contribution is 2.24. The molecule has 1 aromatic heterocycles. The lowest BCUT2D eigenvalue weighted by Crippen LogP contribution is -2.40. The van der Waals surface area contributed by atoms with Crippen LogP contribution in [0.3, 0.4) is 0 Å². The standard InChI is InChI=1S/C21H26N6.HI/c1-16(2)26-21(22-3)24-12-19-6-4-5-7-20(19)18-10-8-17(9-11-18)13-27-15-23-14-25-27;/h4-11,14-16H,12-13H2,1-3H3,(H2,22,24,26);1H. The van der Waals surface area contributed by atoms with E-state index in [4.69, 9.17) is 0 Å². The van der Waals surface area contributed by atoms with Crippen molar-refractivity contribution in [2.24, 2.45) is 4.99 Å². The molecule has 28 heavy (non-hydrogen) atoms. The fourth-order valence-corrected chi connectivity index (χ4v) is 2.89. The first kappa shape index (κ1) is 21.9. The van der Waals surface area contributed by atoms with Crippen LogP contribution in [0, 0.1) is 0 Å². The van der Waals surface area contributed by atoms with E-state index in [0.717, 1.165) is 12.5 Å². The Kier molecular flexibility index (Phi) is 8.43. The molecule has 0 fully saturated rings. The maximum absolute atomic E-state index is 4.27. The molecule has 0 aliphatic heterocycles. The van der Waals surface area contributed by atoms with Gasteiger partial charge in [0.15, 0.2) is 5.96 Å². The van der Waals surface area contributed by atoms with E-state index in [2.05, 4.69) is 88.1 Å². The Morgan fingerprint density at radius 1 is 1.11 bits per heavy atom. The second-order valence-corrected chi connectivity index (χ2v) is 6.67. The number of nitrogens with zero attached hydrogens (tertiary/aromatic N) is 4. The third-order valence-electron chi connectivity index (χ3n) is 4.19. The summed E-state index contributed by atoms with van der Waals surface area (Å²) in [6.45, 7) is 5.63. The first-order valence-corrected chi connectivity index (χ1v) is 9.12. The summed E-state index contributed by atoms with van der Waals surface area (Å²) in [5, 5.41) is 10.9. The molecule has 0 saturated carbocycles. The molecule has 0 saturated heterocycles. The van der Waals surface area contributed by atoms with Gasteiger partial charge in [-0.1, -0.05) is 48.5 Å². The fourth-order valence-electron chi connectivity index (χ4n) is 2.89. The molecule has 2 N–H and O–H groups in total. The molecule has 0 aliphatic carbocycles. The zero-order valence-corrected chi connectivity index (χ0v) is 18.8. The molecule has 0 atom stereocenters. The molecule has 6 nitrogen and oxygen atoms in total. The van der Waals surface area contributed by atoms with Gasteiger partial charge in [0.1, 0.15) is 12.7 Å². The van der Waals surface area contributed by atoms with E-state index in [1.807, 2.05) is 4.68 Å². The van der Waals surface area contributed by atoms with Gasteiger partial charge in [-0.15, -0.1) is 24.0 Å². The van der Waals surface area contributed by atoms with Gasteiger partial charge in [-0.3, -0.25) is 4.99 Å². The maximum Gasteiger partial charge on any atom is 0.191 e. The lowest BCUT2D eigenvalue weighted by Gasteiger charge is -2.16. The Balaban J connectivity index is 0.00000280. The molecular formula is C21H27IN6. The van der Waals surface area contributed by atoms with Crippen molar-refractivity contribution < 1.29 is 0 Å². The lowest BCUT2D eigenvalue weighted by molar-refractivity contribution is 0.685. The number of nitrogens with one attached hydrogen (secondary N) is 2. The molecule has 0 aliphatic rings. The topological polar surface area (TPSA) is 67.1 Å². The van der Waals surface area contributed by atoms with Gasteiger partial charge in [-0.2, -0.15) is 5.10 Å². The SMILES string of the molecule is CN=C(NCc1ccccc1-c1ccc(Cn2cncn2)cc1)NC(C)C.I. The molecule has 2 aromatic carbocycles. The highest BCUT2D eigenvalue weighted by molar-refractivity contribution is 14.0. The van der Waals surface area contributed by atoms with E-state index in [1.165, 1.54) is 22.3 Å². The minimum absolute atomic E-state index is 0. The summed E-state index contributed by atoms with van der Waals surface area (Å²) in [4.78, 5) is 8.26. The van der Waals surface area contributed by atoms with E-state index >= 15 is 0 Å². The molecule has 0 amide bonds. The second kappa shape index (κ2) is 10.8. The number of aliphatic imine (C=N–C) groups is 1. The van der Waals surface area contributed by atoms with Crippen LogP contribution in [-0.4, -0.2) is 33.8 Å². The number of rotatable bonds is 6. The zero-order valence-electron chi connectivity index (χ0n) is 16.5.